The monoisotopic (exact) mass is 204 g/mol. The quantitative estimate of drug-likeness (QED) is 0.726. The molecule has 0 unspecified atom stereocenters. The lowest BCUT2D eigenvalue weighted by Crippen LogP contribution is -1.66. The van der Waals surface area contributed by atoms with Gasteiger partial charge in [-0.3, -0.25) is 4.79 Å². The Morgan fingerprint density at radius 2 is 2.07 bits per heavy atom. The third-order valence-corrected chi connectivity index (χ3v) is 1.66. The van der Waals surface area contributed by atoms with Crippen molar-refractivity contribution in [3.8, 4) is 5.75 Å². The van der Waals surface area contributed by atoms with Crippen LogP contribution in [0.3, 0.4) is 0 Å². The van der Waals surface area contributed by atoms with Crippen molar-refractivity contribution in [3.05, 3.63) is 54.0 Å². The highest BCUT2D eigenvalue weighted by Crippen LogP contribution is 2.08. The van der Waals surface area contributed by atoms with Crippen LogP contribution in [0.25, 0.3) is 0 Å². The molecule has 0 amide bonds. The van der Waals surface area contributed by atoms with Gasteiger partial charge in [-0.15, -0.1) is 0 Å². The topological polar surface area (TPSA) is 50.4 Å². The van der Waals surface area contributed by atoms with Crippen LogP contribution in [0.15, 0.2) is 47.1 Å². The minimum atomic E-state index is 0.338. The summed E-state index contributed by atoms with van der Waals surface area (Å²) in [6, 6.07) is 10.4. The molecule has 3 heteroatoms. The number of carbonyl (C=O) groups excluding carboxylic acids is 1. The van der Waals surface area contributed by atoms with Gasteiger partial charge in [0.25, 0.3) is 0 Å². The van der Waals surface area contributed by atoms with Crippen molar-refractivity contribution in [1.29, 1.82) is 0 Å². The molecule has 78 valence electrons. The number of benzene rings is 1. The molecule has 2 aromatic rings. The van der Waals surface area contributed by atoms with Gasteiger partial charge in [-0.2, -0.15) is 0 Å². The zero-order valence-corrected chi connectivity index (χ0v) is 8.38. The van der Waals surface area contributed by atoms with Gasteiger partial charge in [-0.1, -0.05) is 12.1 Å². The first kappa shape index (κ1) is 11.0. The van der Waals surface area contributed by atoms with E-state index in [-0.39, 0.29) is 0 Å². The van der Waals surface area contributed by atoms with E-state index in [1.807, 2.05) is 19.1 Å². The fourth-order valence-corrected chi connectivity index (χ4v) is 0.986. The molecule has 0 aliphatic heterocycles. The Bertz CT molecular complexity index is 387. The number of hydrogen-bond donors (Lipinski definition) is 1. The maximum atomic E-state index is 9.77. The lowest BCUT2D eigenvalue weighted by Gasteiger charge is -1.89. The van der Waals surface area contributed by atoms with Crippen molar-refractivity contribution >= 4 is 6.29 Å². The normalized spacial score (nSPS) is 8.87. The number of furan rings is 1. The largest absolute Gasteiger partial charge is 0.508 e. The molecule has 0 saturated heterocycles. The Labute approximate surface area is 88.0 Å². The van der Waals surface area contributed by atoms with E-state index in [9.17, 15) is 4.79 Å². The maximum absolute atomic E-state index is 9.77. The minimum Gasteiger partial charge on any atom is -0.508 e. The van der Waals surface area contributed by atoms with Gasteiger partial charge in [0.2, 0.25) is 0 Å². The van der Waals surface area contributed by atoms with Gasteiger partial charge in [0.05, 0.1) is 6.26 Å². The summed E-state index contributed by atoms with van der Waals surface area (Å²) in [5, 5.41) is 8.81. The second-order valence-electron chi connectivity index (χ2n) is 2.97. The van der Waals surface area contributed by atoms with Crippen molar-refractivity contribution in [3.63, 3.8) is 0 Å². The van der Waals surface area contributed by atoms with Crippen LogP contribution >= 0.6 is 0 Å². The van der Waals surface area contributed by atoms with Gasteiger partial charge in [0.1, 0.15) is 5.75 Å². The van der Waals surface area contributed by atoms with Crippen molar-refractivity contribution in [1.82, 2.24) is 0 Å². The molecule has 0 saturated carbocycles. The average molecular weight is 204 g/mol. The molecule has 1 aromatic carbocycles. The molecule has 1 heterocycles. The summed E-state index contributed by atoms with van der Waals surface area (Å²) in [6.45, 7) is 1.94. The number of rotatable bonds is 1. The number of aromatic hydroxyl groups is 1. The lowest BCUT2D eigenvalue weighted by atomic mass is 10.2. The number of phenolic OH excluding ortho intramolecular Hbond substituents is 1. The van der Waals surface area contributed by atoms with Crippen molar-refractivity contribution in [2.45, 2.75) is 6.92 Å². The Morgan fingerprint density at radius 3 is 2.40 bits per heavy atom. The summed E-state index contributed by atoms with van der Waals surface area (Å²) >= 11 is 0. The fraction of sp³-hybridized carbons (Fsp3) is 0.0833. The molecule has 0 aliphatic carbocycles. The lowest BCUT2D eigenvalue weighted by molar-refractivity contribution is 0.110. The van der Waals surface area contributed by atoms with Gasteiger partial charge in [-0.25, -0.2) is 0 Å². The van der Waals surface area contributed by atoms with E-state index in [2.05, 4.69) is 4.42 Å². The second kappa shape index (κ2) is 5.65. The summed E-state index contributed by atoms with van der Waals surface area (Å²) < 4.78 is 4.61. The highest BCUT2D eigenvalue weighted by molar-refractivity contribution is 5.69. The molecular formula is C12H12O3. The minimum absolute atomic E-state index is 0.338. The molecule has 15 heavy (non-hydrogen) atoms. The van der Waals surface area contributed by atoms with Gasteiger partial charge in [0.15, 0.2) is 12.0 Å². The van der Waals surface area contributed by atoms with Gasteiger partial charge < -0.3 is 9.52 Å². The van der Waals surface area contributed by atoms with Crippen LogP contribution in [0.1, 0.15) is 16.1 Å². The molecule has 0 bridgehead atoms. The van der Waals surface area contributed by atoms with E-state index in [0.717, 1.165) is 5.56 Å². The smallest absolute Gasteiger partial charge is 0.185 e. The molecular weight excluding hydrogens is 192 g/mol. The Hall–Kier alpha value is -2.03. The van der Waals surface area contributed by atoms with Crippen LogP contribution in [0.2, 0.25) is 0 Å². The van der Waals surface area contributed by atoms with Crippen LogP contribution < -0.4 is 0 Å². The second-order valence-corrected chi connectivity index (χ2v) is 2.97. The number of carbonyl (C=O) groups is 1. The van der Waals surface area contributed by atoms with Crippen LogP contribution in [0, 0.1) is 6.92 Å². The molecule has 2 rings (SSSR count). The molecule has 0 fully saturated rings. The summed E-state index contributed by atoms with van der Waals surface area (Å²) in [4.78, 5) is 9.77. The SMILES string of the molecule is Cc1cccc(O)c1.O=Cc1ccco1. The highest BCUT2D eigenvalue weighted by Gasteiger charge is 1.84. The molecule has 0 atom stereocenters. The zero-order valence-electron chi connectivity index (χ0n) is 8.38. The third-order valence-electron chi connectivity index (χ3n) is 1.66. The van der Waals surface area contributed by atoms with Crippen molar-refractivity contribution in [2.75, 3.05) is 0 Å². The molecule has 1 N–H and O–H groups in total. The van der Waals surface area contributed by atoms with Crippen LogP contribution in [-0.4, -0.2) is 11.4 Å². The number of hydrogen-bond acceptors (Lipinski definition) is 3. The molecule has 0 radical (unpaired) electrons. The highest BCUT2D eigenvalue weighted by atomic mass is 16.3. The first-order chi connectivity index (χ1) is 7.22. The van der Waals surface area contributed by atoms with E-state index < -0.39 is 0 Å². The van der Waals surface area contributed by atoms with Crippen LogP contribution in [0.5, 0.6) is 5.75 Å². The molecule has 0 spiro atoms. The van der Waals surface area contributed by atoms with Gasteiger partial charge in [0, 0.05) is 0 Å². The first-order valence-corrected chi connectivity index (χ1v) is 4.46. The van der Waals surface area contributed by atoms with Crippen molar-refractivity contribution in [2.24, 2.45) is 0 Å². The molecule has 3 nitrogen and oxygen atoms in total. The van der Waals surface area contributed by atoms with E-state index in [1.54, 1.807) is 24.3 Å². The Balaban J connectivity index is 0.000000151. The summed E-state index contributed by atoms with van der Waals surface area (Å²) in [5.74, 6) is 0.713. The van der Waals surface area contributed by atoms with Crippen LogP contribution in [0.4, 0.5) is 0 Å². The van der Waals surface area contributed by atoms with E-state index >= 15 is 0 Å². The number of aryl methyl sites for hydroxylation is 1. The van der Waals surface area contributed by atoms with Gasteiger partial charge in [-0.05, 0) is 36.8 Å². The predicted molar refractivity (Wildman–Crippen MR) is 56.9 cm³/mol. The fourth-order valence-electron chi connectivity index (χ4n) is 0.986. The van der Waals surface area contributed by atoms with Gasteiger partial charge >= 0.3 is 0 Å². The summed E-state index contributed by atoms with van der Waals surface area (Å²) in [5.41, 5.74) is 1.09. The molecule has 0 aliphatic rings. The standard InChI is InChI=1S/C7H8O.C5H4O2/c1-6-3-2-4-7(8)5-6;6-4-5-2-1-3-7-5/h2-5,8H,1H3;1-4H. The van der Waals surface area contributed by atoms with Crippen molar-refractivity contribution < 1.29 is 14.3 Å². The van der Waals surface area contributed by atoms with E-state index in [4.69, 9.17) is 5.11 Å². The third kappa shape index (κ3) is 4.13. The Morgan fingerprint density at radius 1 is 1.27 bits per heavy atom. The zero-order chi connectivity index (χ0) is 11.1. The molecule has 1 aromatic heterocycles. The summed E-state index contributed by atoms with van der Waals surface area (Å²) in [6.07, 6.45) is 2.13. The first-order valence-electron chi connectivity index (χ1n) is 4.46. The van der Waals surface area contributed by atoms with E-state index in [0.29, 0.717) is 17.8 Å². The number of phenols is 1. The van der Waals surface area contributed by atoms with Crippen LogP contribution in [-0.2, 0) is 0 Å². The summed E-state index contributed by atoms with van der Waals surface area (Å²) in [7, 11) is 0. The number of aldehydes is 1. The predicted octanol–water partition coefficient (Wildman–Crippen LogP) is 2.79. The van der Waals surface area contributed by atoms with E-state index in [1.165, 1.54) is 6.26 Å². The average Bonchev–Trinajstić information content (AvgIpc) is 2.70. The Kier molecular flexibility index (Phi) is 4.16. The maximum Gasteiger partial charge on any atom is 0.185 e.